The van der Waals surface area contributed by atoms with E-state index in [0.717, 1.165) is 5.69 Å². The SMILES string of the molecule is CC(=O)CNCc1ccon1. The Kier molecular flexibility index (Phi) is 2.80. The fourth-order valence-electron chi connectivity index (χ4n) is 0.695. The molecule has 60 valence electrons. The predicted molar refractivity (Wildman–Crippen MR) is 38.9 cm³/mol. The second kappa shape index (κ2) is 3.88. The zero-order valence-electron chi connectivity index (χ0n) is 6.33. The molecule has 0 aliphatic carbocycles. The number of hydrogen-bond acceptors (Lipinski definition) is 4. The summed E-state index contributed by atoms with van der Waals surface area (Å²) in [5.41, 5.74) is 0.811. The van der Waals surface area contributed by atoms with E-state index in [1.165, 1.54) is 13.2 Å². The van der Waals surface area contributed by atoms with Gasteiger partial charge >= 0.3 is 0 Å². The van der Waals surface area contributed by atoms with Crippen molar-refractivity contribution in [3.63, 3.8) is 0 Å². The third kappa shape index (κ3) is 2.95. The molecule has 0 amide bonds. The minimum absolute atomic E-state index is 0.119. The van der Waals surface area contributed by atoms with Crippen molar-refractivity contribution in [2.75, 3.05) is 6.54 Å². The third-order valence-electron chi connectivity index (χ3n) is 1.17. The summed E-state index contributed by atoms with van der Waals surface area (Å²) >= 11 is 0. The molecule has 11 heavy (non-hydrogen) atoms. The van der Waals surface area contributed by atoms with Crippen molar-refractivity contribution in [2.45, 2.75) is 13.5 Å². The molecule has 1 N–H and O–H groups in total. The molecule has 0 spiro atoms. The third-order valence-corrected chi connectivity index (χ3v) is 1.17. The zero-order valence-corrected chi connectivity index (χ0v) is 6.33. The first kappa shape index (κ1) is 7.94. The number of rotatable bonds is 4. The molecule has 0 fully saturated rings. The number of nitrogens with zero attached hydrogens (tertiary/aromatic N) is 1. The Balaban J connectivity index is 2.19. The number of nitrogens with one attached hydrogen (secondary N) is 1. The summed E-state index contributed by atoms with van der Waals surface area (Å²) < 4.78 is 4.60. The molecule has 0 saturated heterocycles. The van der Waals surface area contributed by atoms with Gasteiger partial charge in [0.15, 0.2) is 0 Å². The van der Waals surface area contributed by atoms with Crippen molar-refractivity contribution in [1.29, 1.82) is 0 Å². The van der Waals surface area contributed by atoms with Crippen LogP contribution in [0.25, 0.3) is 0 Å². The molecular formula is C7H10N2O2. The Morgan fingerprint density at radius 2 is 2.64 bits per heavy atom. The van der Waals surface area contributed by atoms with Crippen molar-refractivity contribution in [3.05, 3.63) is 18.0 Å². The summed E-state index contributed by atoms with van der Waals surface area (Å²) in [6.07, 6.45) is 1.50. The van der Waals surface area contributed by atoms with Crippen LogP contribution in [0.2, 0.25) is 0 Å². The van der Waals surface area contributed by atoms with Gasteiger partial charge in [-0.1, -0.05) is 5.16 Å². The van der Waals surface area contributed by atoms with Crippen LogP contribution in [0.4, 0.5) is 0 Å². The van der Waals surface area contributed by atoms with Gasteiger partial charge in [-0.15, -0.1) is 0 Å². The molecule has 1 aromatic heterocycles. The van der Waals surface area contributed by atoms with Gasteiger partial charge in [0.2, 0.25) is 0 Å². The van der Waals surface area contributed by atoms with Gasteiger partial charge in [0.05, 0.1) is 12.2 Å². The lowest BCUT2D eigenvalue weighted by molar-refractivity contribution is -0.116. The van der Waals surface area contributed by atoms with E-state index < -0.39 is 0 Å². The predicted octanol–water partition coefficient (Wildman–Crippen LogP) is 0.353. The number of carbonyl (C=O) groups is 1. The maximum Gasteiger partial charge on any atom is 0.143 e. The maximum absolute atomic E-state index is 10.5. The first-order chi connectivity index (χ1) is 5.29. The summed E-state index contributed by atoms with van der Waals surface area (Å²) in [6, 6.07) is 1.76. The van der Waals surface area contributed by atoms with E-state index in [1.807, 2.05) is 0 Å². The van der Waals surface area contributed by atoms with Gasteiger partial charge < -0.3 is 9.84 Å². The van der Waals surface area contributed by atoms with Crippen molar-refractivity contribution < 1.29 is 9.32 Å². The van der Waals surface area contributed by atoms with Crippen LogP contribution in [-0.2, 0) is 11.3 Å². The number of hydrogen-bond donors (Lipinski definition) is 1. The minimum Gasteiger partial charge on any atom is -0.364 e. The van der Waals surface area contributed by atoms with Crippen LogP contribution in [0, 0.1) is 0 Å². The molecule has 0 bridgehead atoms. The molecule has 1 heterocycles. The standard InChI is InChI=1S/C7H10N2O2/c1-6(10)4-8-5-7-2-3-11-9-7/h2-3,8H,4-5H2,1H3. The van der Waals surface area contributed by atoms with Crippen molar-refractivity contribution in [3.8, 4) is 0 Å². The molecule has 0 aromatic carbocycles. The molecule has 0 atom stereocenters. The molecule has 1 aromatic rings. The summed E-state index contributed by atoms with van der Waals surface area (Å²) in [4.78, 5) is 10.5. The highest BCUT2D eigenvalue weighted by Gasteiger charge is 1.95. The topological polar surface area (TPSA) is 55.1 Å². The molecule has 0 aliphatic heterocycles. The minimum atomic E-state index is 0.119. The lowest BCUT2D eigenvalue weighted by atomic mass is 10.4. The van der Waals surface area contributed by atoms with Gasteiger partial charge in [-0.25, -0.2) is 0 Å². The molecule has 0 saturated carbocycles. The van der Waals surface area contributed by atoms with Crippen LogP contribution in [0.1, 0.15) is 12.6 Å². The molecule has 0 radical (unpaired) electrons. The lowest BCUT2D eigenvalue weighted by Crippen LogP contribution is -2.20. The average molecular weight is 154 g/mol. The summed E-state index contributed by atoms with van der Waals surface area (Å²) in [5, 5.41) is 6.58. The van der Waals surface area contributed by atoms with E-state index in [-0.39, 0.29) is 5.78 Å². The Morgan fingerprint density at radius 1 is 1.82 bits per heavy atom. The molecule has 1 rings (SSSR count). The van der Waals surface area contributed by atoms with E-state index in [9.17, 15) is 4.79 Å². The normalized spacial score (nSPS) is 9.91. The van der Waals surface area contributed by atoms with Crippen LogP contribution in [-0.4, -0.2) is 17.5 Å². The average Bonchev–Trinajstić information content (AvgIpc) is 2.39. The Labute approximate surface area is 64.6 Å². The Bertz CT molecular complexity index is 218. The van der Waals surface area contributed by atoms with Gasteiger partial charge in [0.25, 0.3) is 0 Å². The van der Waals surface area contributed by atoms with Crippen molar-refractivity contribution >= 4 is 5.78 Å². The smallest absolute Gasteiger partial charge is 0.143 e. The molecule has 0 unspecified atom stereocenters. The van der Waals surface area contributed by atoms with Crippen LogP contribution in [0.5, 0.6) is 0 Å². The first-order valence-electron chi connectivity index (χ1n) is 3.38. The zero-order chi connectivity index (χ0) is 8.10. The van der Waals surface area contributed by atoms with Crippen LogP contribution >= 0.6 is 0 Å². The fraction of sp³-hybridized carbons (Fsp3) is 0.429. The van der Waals surface area contributed by atoms with E-state index in [0.29, 0.717) is 13.1 Å². The Morgan fingerprint density at radius 3 is 3.18 bits per heavy atom. The van der Waals surface area contributed by atoms with Crippen LogP contribution in [0.3, 0.4) is 0 Å². The van der Waals surface area contributed by atoms with Gasteiger partial charge in [0, 0.05) is 12.6 Å². The highest BCUT2D eigenvalue weighted by molar-refractivity contribution is 5.77. The number of ketones is 1. The highest BCUT2D eigenvalue weighted by Crippen LogP contribution is 1.91. The quantitative estimate of drug-likeness (QED) is 0.680. The Hall–Kier alpha value is -1.16. The van der Waals surface area contributed by atoms with Gasteiger partial charge in [-0.3, -0.25) is 4.79 Å². The van der Waals surface area contributed by atoms with Crippen LogP contribution in [0.15, 0.2) is 16.9 Å². The number of aromatic nitrogens is 1. The molecular weight excluding hydrogens is 144 g/mol. The van der Waals surface area contributed by atoms with E-state index >= 15 is 0 Å². The van der Waals surface area contributed by atoms with Crippen molar-refractivity contribution in [1.82, 2.24) is 10.5 Å². The number of Topliss-reactive ketones (excluding diaryl/α,β-unsaturated/α-hetero) is 1. The monoisotopic (exact) mass is 154 g/mol. The van der Waals surface area contributed by atoms with Crippen LogP contribution < -0.4 is 5.32 Å². The van der Waals surface area contributed by atoms with E-state index in [4.69, 9.17) is 0 Å². The van der Waals surface area contributed by atoms with Gasteiger partial charge in [-0.2, -0.15) is 0 Å². The number of carbonyl (C=O) groups excluding carboxylic acids is 1. The molecule has 4 heteroatoms. The molecule has 0 aliphatic rings. The highest BCUT2D eigenvalue weighted by atomic mass is 16.5. The lowest BCUT2D eigenvalue weighted by Gasteiger charge is -1.95. The largest absolute Gasteiger partial charge is 0.364 e. The summed E-state index contributed by atoms with van der Waals surface area (Å²) in [6.45, 7) is 2.50. The van der Waals surface area contributed by atoms with Gasteiger partial charge in [-0.05, 0) is 6.92 Å². The fourth-order valence-corrected chi connectivity index (χ4v) is 0.695. The second-order valence-electron chi connectivity index (χ2n) is 2.30. The maximum atomic E-state index is 10.5. The second-order valence-corrected chi connectivity index (χ2v) is 2.30. The first-order valence-corrected chi connectivity index (χ1v) is 3.38. The van der Waals surface area contributed by atoms with E-state index in [1.54, 1.807) is 6.07 Å². The molecule has 4 nitrogen and oxygen atoms in total. The summed E-state index contributed by atoms with van der Waals surface area (Å²) in [5.74, 6) is 0.119. The van der Waals surface area contributed by atoms with Crippen molar-refractivity contribution in [2.24, 2.45) is 0 Å². The summed E-state index contributed by atoms with van der Waals surface area (Å²) in [7, 11) is 0. The van der Waals surface area contributed by atoms with E-state index in [2.05, 4.69) is 15.0 Å². The van der Waals surface area contributed by atoms with Gasteiger partial charge in [0.1, 0.15) is 12.0 Å².